The lowest BCUT2D eigenvalue weighted by Gasteiger charge is -2.08. The summed E-state index contributed by atoms with van der Waals surface area (Å²) < 4.78 is 4.47. The SMILES string of the molecule is Nc1cc[n+](Cc2ccc(-c3cccc(-c4ccc(C[n+]5ccc(N)c6ccccc65)cc4)n3)cc2)c2ccccc12. The first-order valence-corrected chi connectivity index (χ1v) is 14.1. The number of para-hydroxylation sites is 2. The number of hydrogen-bond acceptors (Lipinski definition) is 3. The Morgan fingerprint density at radius 1 is 0.452 bits per heavy atom. The van der Waals surface area contributed by atoms with Gasteiger partial charge >= 0.3 is 0 Å². The van der Waals surface area contributed by atoms with Crippen molar-refractivity contribution in [3.63, 3.8) is 0 Å². The molecule has 202 valence electrons. The second-order valence-electron chi connectivity index (χ2n) is 10.6. The van der Waals surface area contributed by atoms with E-state index in [2.05, 4.69) is 113 Å². The van der Waals surface area contributed by atoms with Crippen LogP contribution in [-0.4, -0.2) is 4.98 Å². The van der Waals surface area contributed by atoms with Gasteiger partial charge in [-0.1, -0.05) is 78.9 Å². The molecular formula is C37H31N5+2. The highest BCUT2D eigenvalue weighted by Gasteiger charge is 2.13. The van der Waals surface area contributed by atoms with Crippen molar-refractivity contribution in [3.8, 4) is 22.5 Å². The average molecular weight is 546 g/mol. The highest BCUT2D eigenvalue weighted by atomic mass is 15.0. The molecule has 42 heavy (non-hydrogen) atoms. The van der Waals surface area contributed by atoms with Crippen molar-refractivity contribution >= 4 is 33.2 Å². The van der Waals surface area contributed by atoms with E-state index in [9.17, 15) is 0 Å². The fourth-order valence-electron chi connectivity index (χ4n) is 5.60. The van der Waals surface area contributed by atoms with E-state index in [1.165, 1.54) is 11.1 Å². The molecule has 0 unspecified atom stereocenters. The maximum absolute atomic E-state index is 6.19. The Morgan fingerprint density at radius 2 is 0.881 bits per heavy atom. The van der Waals surface area contributed by atoms with Crippen LogP contribution in [0.4, 0.5) is 11.4 Å². The Bertz CT molecular complexity index is 1900. The molecule has 0 aliphatic carbocycles. The zero-order valence-corrected chi connectivity index (χ0v) is 23.2. The van der Waals surface area contributed by atoms with Crippen LogP contribution < -0.4 is 20.6 Å². The maximum Gasteiger partial charge on any atom is 0.214 e. The van der Waals surface area contributed by atoms with Gasteiger partial charge in [0.05, 0.1) is 33.5 Å². The van der Waals surface area contributed by atoms with Gasteiger partial charge in [0, 0.05) is 46.5 Å². The Labute approximate surface area is 245 Å². The summed E-state index contributed by atoms with van der Waals surface area (Å²) in [4.78, 5) is 5.00. The minimum absolute atomic E-state index is 0.769. The van der Waals surface area contributed by atoms with E-state index >= 15 is 0 Å². The number of benzene rings is 4. The molecule has 7 rings (SSSR count). The number of anilines is 2. The van der Waals surface area contributed by atoms with Gasteiger partial charge in [-0.15, -0.1) is 0 Å². The molecule has 0 radical (unpaired) electrons. The zero-order valence-electron chi connectivity index (χ0n) is 23.2. The van der Waals surface area contributed by atoms with Gasteiger partial charge in [-0.25, -0.2) is 4.98 Å². The molecule has 3 aromatic heterocycles. The molecule has 4 N–H and O–H groups in total. The van der Waals surface area contributed by atoms with Crippen LogP contribution >= 0.6 is 0 Å². The standard InChI is InChI=1S/C37H29N5/c38-32-20-22-41(36-10-3-1-6-30(32)36)24-26-12-16-28(17-13-26)34-8-5-9-35(40-34)29-18-14-27(15-19-29)25-42-23-21-33(39)31-7-2-4-11-37(31)42/h1-23,38-39H,24-25H2/p+2. The molecule has 0 spiro atoms. The molecule has 0 aliphatic rings. The van der Waals surface area contributed by atoms with E-state index in [-0.39, 0.29) is 0 Å². The van der Waals surface area contributed by atoms with Gasteiger partial charge < -0.3 is 11.5 Å². The van der Waals surface area contributed by atoms with Crippen molar-refractivity contribution in [2.75, 3.05) is 11.5 Å². The molecule has 3 heterocycles. The van der Waals surface area contributed by atoms with Crippen LogP contribution in [0.2, 0.25) is 0 Å². The fraction of sp³-hybridized carbons (Fsp3) is 0.0541. The third kappa shape index (κ3) is 4.93. The highest BCUT2D eigenvalue weighted by molar-refractivity contribution is 5.88. The summed E-state index contributed by atoms with van der Waals surface area (Å²) in [5, 5.41) is 2.14. The summed E-state index contributed by atoms with van der Waals surface area (Å²) >= 11 is 0. The molecule has 0 amide bonds. The second-order valence-corrected chi connectivity index (χ2v) is 10.6. The average Bonchev–Trinajstić information content (AvgIpc) is 3.05. The van der Waals surface area contributed by atoms with Gasteiger partial charge in [0.15, 0.2) is 25.5 Å². The quantitative estimate of drug-likeness (QED) is 0.233. The van der Waals surface area contributed by atoms with Gasteiger partial charge in [-0.3, -0.25) is 0 Å². The molecule has 0 saturated heterocycles. The molecule has 5 nitrogen and oxygen atoms in total. The lowest BCUT2D eigenvalue weighted by atomic mass is 10.1. The Morgan fingerprint density at radius 3 is 1.33 bits per heavy atom. The molecule has 0 atom stereocenters. The predicted molar refractivity (Wildman–Crippen MR) is 170 cm³/mol. The number of rotatable bonds is 6. The summed E-state index contributed by atoms with van der Waals surface area (Å²) in [6, 6.07) is 44.0. The van der Waals surface area contributed by atoms with Crippen molar-refractivity contribution in [2.45, 2.75) is 13.1 Å². The van der Waals surface area contributed by atoms with Crippen LogP contribution in [0.1, 0.15) is 11.1 Å². The minimum Gasteiger partial charge on any atom is -0.398 e. The van der Waals surface area contributed by atoms with Gasteiger partial charge in [0.2, 0.25) is 11.0 Å². The Kier molecular flexibility index (Phi) is 6.53. The van der Waals surface area contributed by atoms with Crippen molar-refractivity contribution in [3.05, 3.63) is 151 Å². The highest BCUT2D eigenvalue weighted by Crippen LogP contribution is 2.24. The number of nitrogen functional groups attached to an aromatic ring is 2. The molecule has 5 heteroatoms. The summed E-state index contributed by atoms with van der Waals surface area (Å²) in [7, 11) is 0. The number of nitrogens with two attached hydrogens (primary N) is 2. The fourth-order valence-corrected chi connectivity index (χ4v) is 5.60. The van der Waals surface area contributed by atoms with Crippen LogP contribution in [0, 0.1) is 0 Å². The first kappa shape index (κ1) is 25.4. The van der Waals surface area contributed by atoms with Crippen molar-refractivity contribution < 1.29 is 9.13 Å². The van der Waals surface area contributed by atoms with Gasteiger partial charge in [0.25, 0.3) is 0 Å². The summed E-state index contributed by atoms with van der Waals surface area (Å²) in [6.07, 6.45) is 4.11. The Balaban J connectivity index is 1.09. The molecule has 0 aliphatic heterocycles. The van der Waals surface area contributed by atoms with Crippen LogP contribution in [0.15, 0.2) is 140 Å². The summed E-state index contributed by atoms with van der Waals surface area (Å²) in [6.45, 7) is 1.54. The molecule has 0 fully saturated rings. The van der Waals surface area contributed by atoms with Crippen molar-refractivity contribution in [2.24, 2.45) is 0 Å². The van der Waals surface area contributed by atoms with Crippen molar-refractivity contribution in [1.29, 1.82) is 0 Å². The lowest BCUT2D eigenvalue weighted by Crippen LogP contribution is -2.34. The van der Waals surface area contributed by atoms with Crippen LogP contribution in [-0.2, 0) is 13.1 Å². The van der Waals surface area contributed by atoms with Gasteiger partial charge in [-0.05, 0) is 24.3 Å². The maximum atomic E-state index is 6.19. The third-order valence-electron chi connectivity index (χ3n) is 7.87. The molecule has 0 bridgehead atoms. The number of nitrogens with zero attached hydrogens (tertiary/aromatic N) is 3. The monoisotopic (exact) mass is 545 g/mol. The first-order valence-electron chi connectivity index (χ1n) is 14.1. The Hall–Kier alpha value is -5.55. The zero-order chi connectivity index (χ0) is 28.5. The second kappa shape index (κ2) is 10.8. The van der Waals surface area contributed by atoms with Gasteiger partial charge in [-0.2, -0.15) is 9.13 Å². The minimum atomic E-state index is 0.769. The summed E-state index contributed by atoms with van der Waals surface area (Å²) in [5.74, 6) is 0. The number of pyridine rings is 3. The smallest absolute Gasteiger partial charge is 0.214 e. The lowest BCUT2D eigenvalue weighted by molar-refractivity contribution is -0.662. The normalized spacial score (nSPS) is 11.2. The molecular weight excluding hydrogens is 514 g/mol. The number of hydrogen-bond donors (Lipinski definition) is 2. The van der Waals surface area contributed by atoms with E-state index in [0.29, 0.717) is 0 Å². The van der Waals surface area contributed by atoms with Crippen LogP contribution in [0.5, 0.6) is 0 Å². The third-order valence-corrected chi connectivity index (χ3v) is 7.87. The predicted octanol–water partition coefficient (Wildman–Crippen LogP) is 6.56. The number of fused-ring (bicyclic) bond motifs is 2. The van der Waals surface area contributed by atoms with E-state index in [1.54, 1.807) is 0 Å². The molecule has 0 saturated carbocycles. The van der Waals surface area contributed by atoms with E-state index in [4.69, 9.17) is 16.5 Å². The topological polar surface area (TPSA) is 72.7 Å². The first-order chi connectivity index (χ1) is 20.6. The largest absolute Gasteiger partial charge is 0.398 e. The van der Waals surface area contributed by atoms with Crippen LogP contribution in [0.3, 0.4) is 0 Å². The van der Waals surface area contributed by atoms with E-state index < -0.39 is 0 Å². The van der Waals surface area contributed by atoms with Crippen LogP contribution in [0.25, 0.3) is 44.3 Å². The van der Waals surface area contributed by atoms with E-state index in [1.807, 2.05) is 36.4 Å². The van der Waals surface area contributed by atoms with Crippen molar-refractivity contribution in [1.82, 2.24) is 4.98 Å². The summed E-state index contributed by atoms with van der Waals surface area (Å²) in [5.41, 5.74) is 22.8. The number of aromatic nitrogens is 3. The van der Waals surface area contributed by atoms with E-state index in [0.717, 1.165) is 68.8 Å². The molecule has 4 aromatic carbocycles. The molecule has 7 aromatic rings. The van der Waals surface area contributed by atoms with Gasteiger partial charge in [0.1, 0.15) is 0 Å².